The SMILES string of the molecule is Cc1cc(O)ccc1NC(=O)CCC(C)(C)C. The van der Waals surface area contributed by atoms with Crippen LogP contribution in [0.2, 0.25) is 0 Å². The average Bonchev–Trinajstić information content (AvgIpc) is 2.18. The molecule has 94 valence electrons. The third-order valence-electron chi connectivity index (χ3n) is 2.59. The lowest BCUT2D eigenvalue weighted by atomic mass is 9.90. The van der Waals surface area contributed by atoms with Gasteiger partial charge in [-0.3, -0.25) is 4.79 Å². The largest absolute Gasteiger partial charge is 0.508 e. The number of rotatable bonds is 3. The summed E-state index contributed by atoms with van der Waals surface area (Å²) < 4.78 is 0. The van der Waals surface area contributed by atoms with Gasteiger partial charge in [0.15, 0.2) is 0 Å². The van der Waals surface area contributed by atoms with E-state index in [-0.39, 0.29) is 17.1 Å². The molecule has 1 amide bonds. The molecule has 0 aliphatic carbocycles. The van der Waals surface area contributed by atoms with Crippen LogP contribution in [-0.4, -0.2) is 11.0 Å². The fourth-order valence-corrected chi connectivity index (χ4v) is 1.49. The molecule has 0 aliphatic heterocycles. The molecule has 3 heteroatoms. The van der Waals surface area contributed by atoms with E-state index in [1.807, 2.05) is 6.92 Å². The van der Waals surface area contributed by atoms with Gasteiger partial charge in [0.05, 0.1) is 0 Å². The average molecular weight is 235 g/mol. The Hall–Kier alpha value is -1.51. The number of aryl methyl sites for hydroxylation is 1. The van der Waals surface area contributed by atoms with E-state index in [2.05, 4.69) is 26.1 Å². The van der Waals surface area contributed by atoms with Crippen LogP contribution in [0.1, 0.15) is 39.2 Å². The molecule has 0 heterocycles. The van der Waals surface area contributed by atoms with E-state index in [4.69, 9.17) is 0 Å². The smallest absolute Gasteiger partial charge is 0.224 e. The molecule has 0 bridgehead atoms. The van der Waals surface area contributed by atoms with E-state index in [1.54, 1.807) is 18.2 Å². The molecule has 0 aliphatic rings. The number of aromatic hydroxyl groups is 1. The number of benzene rings is 1. The maximum Gasteiger partial charge on any atom is 0.224 e. The van der Waals surface area contributed by atoms with Crippen LogP contribution in [0, 0.1) is 12.3 Å². The molecule has 17 heavy (non-hydrogen) atoms. The highest BCUT2D eigenvalue weighted by atomic mass is 16.3. The number of carbonyl (C=O) groups excluding carboxylic acids is 1. The summed E-state index contributed by atoms with van der Waals surface area (Å²) in [5.41, 5.74) is 1.80. The highest BCUT2D eigenvalue weighted by molar-refractivity contribution is 5.91. The first-order chi connectivity index (χ1) is 7.78. The maximum atomic E-state index is 11.7. The van der Waals surface area contributed by atoms with Gasteiger partial charge in [-0.15, -0.1) is 0 Å². The third-order valence-corrected chi connectivity index (χ3v) is 2.59. The van der Waals surface area contributed by atoms with Crippen LogP contribution >= 0.6 is 0 Å². The van der Waals surface area contributed by atoms with Crippen molar-refractivity contribution in [3.63, 3.8) is 0 Å². The molecule has 1 aromatic carbocycles. The third kappa shape index (κ3) is 4.89. The summed E-state index contributed by atoms with van der Waals surface area (Å²) in [6, 6.07) is 4.94. The second-order valence-electron chi connectivity index (χ2n) is 5.61. The number of phenols is 1. The number of anilines is 1. The number of carbonyl (C=O) groups is 1. The van der Waals surface area contributed by atoms with Gasteiger partial charge in [-0.05, 0) is 42.5 Å². The fraction of sp³-hybridized carbons (Fsp3) is 0.500. The first kappa shape index (κ1) is 13.6. The van der Waals surface area contributed by atoms with E-state index >= 15 is 0 Å². The second kappa shape index (κ2) is 5.21. The van der Waals surface area contributed by atoms with E-state index in [0.717, 1.165) is 17.7 Å². The highest BCUT2D eigenvalue weighted by Gasteiger charge is 2.13. The number of nitrogens with one attached hydrogen (secondary N) is 1. The molecule has 2 N–H and O–H groups in total. The Labute approximate surface area is 103 Å². The number of hydrogen-bond acceptors (Lipinski definition) is 2. The van der Waals surface area contributed by atoms with Crippen molar-refractivity contribution in [3.05, 3.63) is 23.8 Å². The molecule has 0 spiro atoms. The van der Waals surface area contributed by atoms with Crippen LogP contribution in [0.3, 0.4) is 0 Å². The summed E-state index contributed by atoms with van der Waals surface area (Å²) in [5.74, 6) is 0.240. The molecule has 1 rings (SSSR count). The van der Waals surface area contributed by atoms with Crippen LogP contribution in [-0.2, 0) is 4.79 Å². The Morgan fingerprint density at radius 3 is 2.53 bits per heavy atom. The zero-order valence-electron chi connectivity index (χ0n) is 11.0. The van der Waals surface area contributed by atoms with Gasteiger partial charge in [0.25, 0.3) is 0 Å². The molecular formula is C14H21NO2. The van der Waals surface area contributed by atoms with Crippen molar-refractivity contribution in [3.8, 4) is 5.75 Å². The second-order valence-corrected chi connectivity index (χ2v) is 5.61. The summed E-state index contributed by atoms with van der Waals surface area (Å²) in [6.45, 7) is 8.21. The molecular weight excluding hydrogens is 214 g/mol. The molecule has 0 saturated heterocycles. The molecule has 0 radical (unpaired) electrons. The van der Waals surface area contributed by atoms with E-state index in [0.29, 0.717) is 6.42 Å². The summed E-state index contributed by atoms with van der Waals surface area (Å²) in [6.07, 6.45) is 1.37. The van der Waals surface area contributed by atoms with Gasteiger partial charge in [0, 0.05) is 12.1 Å². The first-order valence-corrected chi connectivity index (χ1v) is 5.87. The summed E-state index contributed by atoms with van der Waals surface area (Å²) >= 11 is 0. The van der Waals surface area contributed by atoms with Crippen molar-refractivity contribution >= 4 is 11.6 Å². The lowest BCUT2D eigenvalue weighted by Gasteiger charge is -2.17. The monoisotopic (exact) mass is 235 g/mol. The van der Waals surface area contributed by atoms with Crippen molar-refractivity contribution in [1.29, 1.82) is 0 Å². The maximum absolute atomic E-state index is 11.7. The molecule has 0 aromatic heterocycles. The molecule has 0 atom stereocenters. The summed E-state index contributed by atoms with van der Waals surface area (Å²) in [4.78, 5) is 11.7. The van der Waals surface area contributed by atoms with Crippen LogP contribution in [0.25, 0.3) is 0 Å². The Bertz CT molecular complexity index is 405. The van der Waals surface area contributed by atoms with Gasteiger partial charge in [-0.2, -0.15) is 0 Å². The van der Waals surface area contributed by atoms with Crippen molar-refractivity contribution < 1.29 is 9.90 Å². The quantitative estimate of drug-likeness (QED) is 0.788. The van der Waals surface area contributed by atoms with Gasteiger partial charge in [0.1, 0.15) is 5.75 Å². The zero-order valence-corrected chi connectivity index (χ0v) is 11.0. The lowest BCUT2D eigenvalue weighted by molar-refractivity contribution is -0.116. The van der Waals surface area contributed by atoms with Crippen molar-refractivity contribution in [1.82, 2.24) is 0 Å². The summed E-state index contributed by atoms with van der Waals surface area (Å²) in [5, 5.41) is 12.1. The Balaban J connectivity index is 2.57. The van der Waals surface area contributed by atoms with Crippen LogP contribution in [0.4, 0.5) is 5.69 Å². The predicted octanol–water partition coefficient (Wildman–Crippen LogP) is 3.47. The predicted molar refractivity (Wildman–Crippen MR) is 70.2 cm³/mol. The molecule has 0 unspecified atom stereocenters. The molecule has 3 nitrogen and oxygen atoms in total. The van der Waals surface area contributed by atoms with E-state index in [1.165, 1.54) is 0 Å². The van der Waals surface area contributed by atoms with Crippen LogP contribution in [0.15, 0.2) is 18.2 Å². The zero-order chi connectivity index (χ0) is 13.1. The van der Waals surface area contributed by atoms with Crippen LogP contribution < -0.4 is 5.32 Å². The summed E-state index contributed by atoms with van der Waals surface area (Å²) in [7, 11) is 0. The minimum Gasteiger partial charge on any atom is -0.508 e. The van der Waals surface area contributed by atoms with Gasteiger partial charge < -0.3 is 10.4 Å². The number of amides is 1. The molecule has 0 fully saturated rings. The Morgan fingerprint density at radius 1 is 1.35 bits per heavy atom. The minimum atomic E-state index is 0.0220. The Morgan fingerprint density at radius 2 is 2.00 bits per heavy atom. The Kier molecular flexibility index (Phi) is 4.16. The van der Waals surface area contributed by atoms with Gasteiger partial charge in [-0.1, -0.05) is 20.8 Å². The molecule has 0 saturated carbocycles. The van der Waals surface area contributed by atoms with E-state index in [9.17, 15) is 9.90 Å². The number of phenolic OH excluding ortho intramolecular Hbond substituents is 1. The number of hydrogen-bond donors (Lipinski definition) is 2. The van der Waals surface area contributed by atoms with E-state index < -0.39 is 0 Å². The van der Waals surface area contributed by atoms with Gasteiger partial charge >= 0.3 is 0 Å². The van der Waals surface area contributed by atoms with Gasteiger partial charge in [0.2, 0.25) is 5.91 Å². The topological polar surface area (TPSA) is 49.3 Å². The van der Waals surface area contributed by atoms with Crippen LogP contribution in [0.5, 0.6) is 5.75 Å². The van der Waals surface area contributed by atoms with Crippen molar-refractivity contribution in [2.75, 3.05) is 5.32 Å². The van der Waals surface area contributed by atoms with Crippen molar-refractivity contribution in [2.45, 2.75) is 40.5 Å². The highest BCUT2D eigenvalue weighted by Crippen LogP contribution is 2.23. The first-order valence-electron chi connectivity index (χ1n) is 5.87. The lowest BCUT2D eigenvalue weighted by Crippen LogP contribution is -2.16. The normalized spacial score (nSPS) is 11.3. The standard InChI is InChI=1S/C14H21NO2/c1-10-9-11(16)5-6-12(10)15-13(17)7-8-14(2,3)4/h5-6,9,16H,7-8H2,1-4H3,(H,15,17). The van der Waals surface area contributed by atoms with Crippen molar-refractivity contribution in [2.24, 2.45) is 5.41 Å². The van der Waals surface area contributed by atoms with Gasteiger partial charge in [-0.25, -0.2) is 0 Å². The minimum absolute atomic E-state index is 0.0220. The fourth-order valence-electron chi connectivity index (χ4n) is 1.49. The molecule has 1 aromatic rings.